The summed E-state index contributed by atoms with van der Waals surface area (Å²) in [7, 11) is 1.59. The van der Waals surface area contributed by atoms with Crippen molar-refractivity contribution in [3.8, 4) is 0 Å². The monoisotopic (exact) mass is 235 g/mol. The number of hydrogen-bond acceptors (Lipinski definition) is 2. The number of nitrogens with two attached hydrogens (primary N) is 1. The van der Waals surface area contributed by atoms with Crippen LogP contribution in [-0.2, 0) is 7.05 Å². The largest absolute Gasteiger partial charge is 0.397 e. The van der Waals surface area contributed by atoms with E-state index in [1.54, 1.807) is 7.05 Å². The number of anilines is 1. The average Bonchev–Trinajstić information content (AvgIpc) is 2.43. The van der Waals surface area contributed by atoms with Crippen molar-refractivity contribution in [3.63, 3.8) is 0 Å². The third-order valence-electron chi connectivity index (χ3n) is 1.95. The van der Waals surface area contributed by atoms with Crippen molar-refractivity contribution in [3.05, 3.63) is 18.0 Å². The molecular weight excluding hydrogens is 223 g/mol. The van der Waals surface area contributed by atoms with Crippen molar-refractivity contribution < 1.29 is 18.0 Å². The van der Waals surface area contributed by atoms with E-state index in [2.05, 4.69) is 5.32 Å². The third-order valence-corrected chi connectivity index (χ3v) is 1.95. The molecule has 90 valence electrons. The molecule has 0 unspecified atom stereocenters. The Hall–Kier alpha value is -1.66. The molecule has 0 saturated carbocycles. The Kier molecular flexibility index (Phi) is 3.46. The highest BCUT2D eigenvalue weighted by Crippen LogP contribution is 2.18. The summed E-state index contributed by atoms with van der Waals surface area (Å²) in [4.78, 5) is 11.4. The minimum atomic E-state index is -4.26. The first-order valence-electron chi connectivity index (χ1n) is 4.56. The maximum Gasteiger partial charge on any atom is 0.390 e. The molecule has 1 heterocycles. The Balaban J connectivity index is 2.51. The Morgan fingerprint density at radius 1 is 1.56 bits per heavy atom. The number of nitrogens with one attached hydrogen (secondary N) is 1. The third kappa shape index (κ3) is 3.48. The summed E-state index contributed by atoms with van der Waals surface area (Å²) in [6, 6.07) is 1.41. The lowest BCUT2D eigenvalue weighted by molar-refractivity contribution is -0.132. The smallest absolute Gasteiger partial charge is 0.390 e. The molecule has 0 fully saturated rings. The fraction of sp³-hybridized carbons (Fsp3) is 0.444. The van der Waals surface area contributed by atoms with E-state index in [0.717, 1.165) is 0 Å². The van der Waals surface area contributed by atoms with E-state index in [1.807, 2.05) is 0 Å². The summed E-state index contributed by atoms with van der Waals surface area (Å²) in [6.07, 6.45) is -3.79. The van der Waals surface area contributed by atoms with Crippen molar-refractivity contribution in [2.75, 3.05) is 12.3 Å². The zero-order chi connectivity index (χ0) is 12.3. The Bertz CT molecular complexity index is 384. The van der Waals surface area contributed by atoms with Crippen molar-refractivity contribution >= 4 is 11.6 Å². The fourth-order valence-electron chi connectivity index (χ4n) is 1.22. The molecule has 4 nitrogen and oxygen atoms in total. The minimum Gasteiger partial charge on any atom is -0.397 e. The van der Waals surface area contributed by atoms with Crippen LogP contribution in [0.25, 0.3) is 0 Å². The van der Waals surface area contributed by atoms with E-state index < -0.39 is 25.0 Å². The number of carbonyl (C=O) groups excluding carboxylic acids is 1. The van der Waals surface area contributed by atoms with Crippen LogP contribution < -0.4 is 11.1 Å². The molecule has 7 heteroatoms. The molecule has 0 aliphatic rings. The molecule has 3 N–H and O–H groups in total. The van der Waals surface area contributed by atoms with Crippen LogP contribution in [0.1, 0.15) is 16.9 Å². The summed E-state index contributed by atoms with van der Waals surface area (Å²) >= 11 is 0. The summed E-state index contributed by atoms with van der Waals surface area (Å²) in [6.45, 7) is -0.437. The molecule has 0 aliphatic heterocycles. The number of aromatic nitrogens is 1. The summed E-state index contributed by atoms with van der Waals surface area (Å²) in [5.41, 5.74) is 6.06. The van der Waals surface area contributed by atoms with Crippen molar-refractivity contribution in [2.45, 2.75) is 12.6 Å². The van der Waals surface area contributed by atoms with Gasteiger partial charge in [0.05, 0.1) is 12.1 Å². The minimum absolute atomic E-state index is 0.236. The van der Waals surface area contributed by atoms with E-state index in [-0.39, 0.29) is 5.69 Å². The predicted molar refractivity (Wildman–Crippen MR) is 52.8 cm³/mol. The highest BCUT2D eigenvalue weighted by atomic mass is 19.4. The quantitative estimate of drug-likeness (QED) is 0.829. The van der Waals surface area contributed by atoms with Crippen LogP contribution in [0.4, 0.5) is 18.9 Å². The number of halogens is 3. The van der Waals surface area contributed by atoms with Crippen LogP contribution in [0.3, 0.4) is 0 Å². The van der Waals surface area contributed by atoms with E-state index in [0.29, 0.717) is 5.69 Å². The SMILES string of the molecule is Cn1cc(N)cc1C(=O)NCCC(F)(F)F. The van der Waals surface area contributed by atoms with Crippen molar-refractivity contribution in [2.24, 2.45) is 7.05 Å². The predicted octanol–water partition coefficient (Wildman–Crippen LogP) is 1.29. The number of aryl methyl sites for hydroxylation is 1. The molecule has 16 heavy (non-hydrogen) atoms. The van der Waals surface area contributed by atoms with Crippen LogP contribution >= 0.6 is 0 Å². The number of carbonyl (C=O) groups is 1. The number of amides is 1. The Morgan fingerprint density at radius 2 is 2.19 bits per heavy atom. The lowest BCUT2D eigenvalue weighted by atomic mass is 10.3. The van der Waals surface area contributed by atoms with Gasteiger partial charge in [-0.3, -0.25) is 4.79 Å². The normalized spacial score (nSPS) is 11.5. The van der Waals surface area contributed by atoms with Crippen LogP contribution in [0.5, 0.6) is 0 Å². The van der Waals surface area contributed by atoms with Crippen LogP contribution in [0, 0.1) is 0 Å². The lowest BCUT2D eigenvalue weighted by Crippen LogP contribution is -2.29. The van der Waals surface area contributed by atoms with Gasteiger partial charge in [-0.05, 0) is 6.07 Å². The van der Waals surface area contributed by atoms with Crippen molar-refractivity contribution in [1.82, 2.24) is 9.88 Å². The second kappa shape index (κ2) is 4.46. The summed E-state index contributed by atoms with van der Waals surface area (Å²) in [5, 5.41) is 2.17. The summed E-state index contributed by atoms with van der Waals surface area (Å²) < 4.78 is 36.9. The fourth-order valence-corrected chi connectivity index (χ4v) is 1.22. The summed E-state index contributed by atoms with van der Waals surface area (Å²) in [5.74, 6) is -0.566. The Labute approximate surface area is 90.2 Å². The number of nitrogens with zero attached hydrogens (tertiary/aromatic N) is 1. The second-order valence-corrected chi connectivity index (χ2v) is 3.39. The first kappa shape index (κ1) is 12.4. The molecule has 0 bridgehead atoms. The standard InChI is InChI=1S/C9H12F3N3O/c1-15-5-6(13)4-7(15)8(16)14-3-2-9(10,11)12/h4-5H,2-3,13H2,1H3,(H,14,16). The van der Waals surface area contributed by atoms with Crippen molar-refractivity contribution in [1.29, 1.82) is 0 Å². The van der Waals surface area contributed by atoms with Gasteiger partial charge in [-0.1, -0.05) is 0 Å². The maximum absolute atomic E-state index is 11.8. The van der Waals surface area contributed by atoms with E-state index in [4.69, 9.17) is 5.73 Å². The number of hydrogen-bond donors (Lipinski definition) is 2. The van der Waals surface area contributed by atoms with Crippen LogP contribution in [0.2, 0.25) is 0 Å². The zero-order valence-corrected chi connectivity index (χ0v) is 8.64. The molecule has 1 aromatic heterocycles. The lowest BCUT2D eigenvalue weighted by Gasteiger charge is -2.08. The molecular formula is C9H12F3N3O. The molecule has 1 rings (SSSR count). The first-order valence-corrected chi connectivity index (χ1v) is 4.56. The van der Waals surface area contributed by atoms with Gasteiger partial charge in [-0.2, -0.15) is 13.2 Å². The van der Waals surface area contributed by atoms with Gasteiger partial charge in [0.2, 0.25) is 0 Å². The Morgan fingerprint density at radius 3 is 2.62 bits per heavy atom. The molecule has 0 aromatic carbocycles. The van der Waals surface area contributed by atoms with Gasteiger partial charge in [-0.25, -0.2) is 0 Å². The second-order valence-electron chi connectivity index (χ2n) is 3.39. The topological polar surface area (TPSA) is 60.0 Å². The highest BCUT2D eigenvalue weighted by Gasteiger charge is 2.26. The van der Waals surface area contributed by atoms with Gasteiger partial charge < -0.3 is 15.6 Å². The van der Waals surface area contributed by atoms with E-state index in [9.17, 15) is 18.0 Å². The number of rotatable bonds is 3. The van der Waals surface area contributed by atoms with Gasteiger partial charge >= 0.3 is 6.18 Å². The highest BCUT2D eigenvalue weighted by molar-refractivity contribution is 5.93. The maximum atomic E-state index is 11.8. The van der Waals surface area contributed by atoms with E-state index in [1.165, 1.54) is 16.8 Å². The molecule has 0 aliphatic carbocycles. The van der Waals surface area contributed by atoms with Crippen LogP contribution in [-0.4, -0.2) is 23.2 Å². The molecule has 0 saturated heterocycles. The first-order chi connectivity index (χ1) is 7.29. The molecule has 0 radical (unpaired) electrons. The van der Waals surface area contributed by atoms with Gasteiger partial charge in [0.1, 0.15) is 5.69 Å². The van der Waals surface area contributed by atoms with Gasteiger partial charge in [-0.15, -0.1) is 0 Å². The molecule has 1 amide bonds. The van der Waals surface area contributed by atoms with Gasteiger partial charge in [0.25, 0.3) is 5.91 Å². The molecule has 0 spiro atoms. The van der Waals surface area contributed by atoms with Gasteiger partial charge in [0, 0.05) is 19.8 Å². The molecule has 1 aromatic rings. The number of alkyl halides is 3. The zero-order valence-electron chi connectivity index (χ0n) is 8.64. The average molecular weight is 235 g/mol. The number of nitrogen functional groups attached to an aromatic ring is 1. The van der Waals surface area contributed by atoms with Crippen LogP contribution in [0.15, 0.2) is 12.3 Å². The van der Waals surface area contributed by atoms with E-state index >= 15 is 0 Å². The van der Waals surface area contributed by atoms with Gasteiger partial charge in [0.15, 0.2) is 0 Å². The molecule has 0 atom stereocenters.